The van der Waals surface area contributed by atoms with Crippen LogP contribution in [-0.2, 0) is 13.2 Å². The number of hydrogen-bond acceptors (Lipinski definition) is 1. The summed E-state index contributed by atoms with van der Waals surface area (Å²) in [6, 6.07) is 8.07. The number of rotatable bonds is 1. The first kappa shape index (κ1) is 12.2. The first-order valence-corrected chi connectivity index (χ1v) is 5.54. The van der Waals surface area contributed by atoms with E-state index >= 15 is 0 Å². The zero-order valence-corrected chi connectivity index (χ0v) is 10.4. The lowest BCUT2D eigenvalue weighted by Gasteiger charge is -2.01. The van der Waals surface area contributed by atoms with Crippen molar-refractivity contribution >= 4 is 15.9 Å². The molecule has 1 aromatic heterocycles. The number of halogens is 4. The summed E-state index contributed by atoms with van der Waals surface area (Å²) in [6.45, 7) is 0. The van der Waals surface area contributed by atoms with E-state index in [1.165, 1.54) is 11.7 Å². The van der Waals surface area contributed by atoms with Gasteiger partial charge in [-0.25, -0.2) is 0 Å². The van der Waals surface area contributed by atoms with Crippen LogP contribution in [0.2, 0.25) is 0 Å². The van der Waals surface area contributed by atoms with Crippen molar-refractivity contribution in [1.82, 2.24) is 9.78 Å². The predicted octanol–water partition coefficient (Wildman–Crippen LogP) is 3.87. The minimum atomic E-state index is -4.41. The van der Waals surface area contributed by atoms with E-state index in [4.69, 9.17) is 0 Å². The number of aryl methyl sites for hydroxylation is 1. The second-order valence-corrected chi connectivity index (χ2v) is 4.46. The summed E-state index contributed by atoms with van der Waals surface area (Å²) in [5.41, 5.74) is 0.251. The minimum Gasteiger partial charge on any atom is -0.267 e. The number of hydrogen-bond donors (Lipinski definition) is 0. The van der Waals surface area contributed by atoms with E-state index in [2.05, 4.69) is 21.0 Å². The van der Waals surface area contributed by atoms with Crippen LogP contribution in [0, 0.1) is 0 Å². The summed E-state index contributed by atoms with van der Waals surface area (Å²) in [5, 5.41) is 3.46. The molecule has 0 aliphatic rings. The van der Waals surface area contributed by atoms with E-state index in [9.17, 15) is 13.2 Å². The van der Waals surface area contributed by atoms with E-state index in [0.717, 1.165) is 10.5 Å². The van der Waals surface area contributed by atoms with Gasteiger partial charge in [-0.1, -0.05) is 28.1 Å². The van der Waals surface area contributed by atoms with Crippen molar-refractivity contribution in [2.45, 2.75) is 6.18 Å². The number of nitrogens with zero attached hydrogens (tertiary/aromatic N) is 2. The van der Waals surface area contributed by atoms with E-state index in [0.29, 0.717) is 11.3 Å². The van der Waals surface area contributed by atoms with Gasteiger partial charge in [0.15, 0.2) is 5.69 Å². The van der Waals surface area contributed by atoms with Gasteiger partial charge in [-0.05, 0) is 23.8 Å². The Morgan fingerprint density at radius 2 is 1.76 bits per heavy atom. The standard InChI is InChI=1S/C11H8BrF3N2/c1-17-9(6-10(16-17)11(13,14)15)7-2-4-8(12)5-3-7/h2-6H,1H3. The van der Waals surface area contributed by atoms with Gasteiger partial charge in [0, 0.05) is 11.5 Å². The lowest BCUT2D eigenvalue weighted by molar-refractivity contribution is -0.141. The van der Waals surface area contributed by atoms with Crippen molar-refractivity contribution < 1.29 is 13.2 Å². The van der Waals surface area contributed by atoms with Gasteiger partial charge in [0.05, 0.1) is 5.69 Å². The number of alkyl halides is 3. The fourth-order valence-corrected chi connectivity index (χ4v) is 1.76. The van der Waals surface area contributed by atoms with E-state index in [1.807, 2.05) is 0 Å². The Balaban J connectivity index is 2.46. The molecule has 0 saturated heterocycles. The first-order chi connectivity index (χ1) is 7.88. The predicted molar refractivity (Wildman–Crippen MR) is 61.3 cm³/mol. The molecular weight excluding hydrogens is 297 g/mol. The molecule has 0 atom stereocenters. The van der Waals surface area contributed by atoms with Crippen molar-refractivity contribution in [3.63, 3.8) is 0 Å². The molecule has 2 rings (SSSR count). The molecule has 6 heteroatoms. The molecule has 0 radical (unpaired) electrons. The third kappa shape index (κ3) is 2.52. The Labute approximate surface area is 104 Å². The Hall–Kier alpha value is -1.30. The molecule has 1 heterocycles. The maximum Gasteiger partial charge on any atom is 0.435 e. The molecule has 0 aliphatic carbocycles. The molecule has 1 aromatic carbocycles. The highest BCUT2D eigenvalue weighted by molar-refractivity contribution is 9.10. The summed E-state index contributed by atoms with van der Waals surface area (Å²) in [6.07, 6.45) is -4.41. The third-order valence-electron chi connectivity index (χ3n) is 2.31. The largest absolute Gasteiger partial charge is 0.435 e. The molecule has 17 heavy (non-hydrogen) atoms. The highest BCUT2D eigenvalue weighted by atomic mass is 79.9. The SMILES string of the molecule is Cn1nc(C(F)(F)F)cc1-c1ccc(Br)cc1. The highest BCUT2D eigenvalue weighted by Crippen LogP contribution is 2.31. The topological polar surface area (TPSA) is 17.8 Å². The van der Waals surface area contributed by atoms with E-state index in [-0.39, 0.29) is 0 Å². The quantitative estimate of drug-likeness (QED) is 0.782. The van der Waals surface area contributed by atoms with Gasteiger partial charge in [-0.3, -0.25) is 4.68 Å². The zero-order chi connectivity index (χ0) is 12.6. The second kappa shape index (κ2) is 4.18. The molecule has 0 aliphatic heterocycles. The molecule has 0 fully saturated rings. The molecule has 0 saturated carbocycles. The molecule has 0 spiro atoms. The maximum absolute atomic E-state index is 12.5. The van der Waals surface area contributed by atoms with Crippen LogP contribution in [0.1, 0.15) is 5.69 Å². The van der Waals surface area contributed by atoms with Crippen molar-refractivity contribution in [3.05, 3.63) is 40.5 Å². The zero-order valence-electron chi connectivity index (χ0n) is 8.79. The molecule has 0 bridgehead atoms. The van der Waals surface area contributed by atoms with Crippen LogP contribution in [0.15, 0.2) is 34.8 Å². The molecule has 2 aromatic rings. The normalized spacial score (nSPS) is 11.8. The summed E-state index contributed by atoms with van der Waals surface area (Å²) in [7, 11) is 1.49. The van der Waals surface area contributed by atoms with Crippen LogP contribution in [0.3, 0.4) is 0 Å². The molecule has 2 nitrogen and oxygen atoms in total. The Bertz CT molecular complexity index is 529. The number of benzene rings is 1. The molecule has 0 amide bonds. The Morgan fingerprint density at radius 1 is 1.18 bits per heavy atom. The van der Waals surface area contributed by atoms with Crippen molar-refractivity contribution in [2.24, 2.45) is 7.05 Å². The lowest BCUT2D eigenvalue weighted by atomic mass is 10.1. The summed E-state index contributed by atoms with van der Waals surface area (Å²) in [4.78, 5) is 0. The van der Waals surface area contributed by atoms with Gasteiger partial charge in [0.1, 0.15) is 0 Å². The highest BCUT2D eigenvalue weighted by Gasteiger charge is 2.34. The summed E-state index contributed by atoms with van der Waals surface area (Å²) < 4.78 is 39.5. The Kier molecular flexibility index (Phi) is 2.99. The van der Waals surface area contributed by atoms with Crippen LogP contribution in [0.4, 0.5) is 13.2 Å². The molecule has 90 valence electrons. The summed E-state index contributed by atoms with van der Waals surface area (Å²) in [5.74, 6) is 0. The second-order valence-electron chi connectivity index (χ2n) is 3.54. The van der Waals surface area contributed by atoms with Gasteiger partial charge in [0.25, 0.3) is 0 Å². The lowest BCUT2D eigenvalue weighted by Crippen LogP contribution is -2.06. The fraction of sp³-hybridized carbons (Fsp3) is 0.182. The minimum absolute atomic E-state index is 0.435. The van der Waals surface area contributed by atoms with Crippen LogP contribution in [0.5, 0.6) is 0 Å². The van der Waals surface area contributed by atoms with Gasteiger partial charge in [-0.15, -0.1) is 0 Å². The monoisotopic (exact) mass is 304 g/mol. The summed E-state index contributed by atoms with van der Waals surface area (Å²) >= 11 is 3.27. The first-order valence-electron chi connectivity index (χ1n) is 4.75. The van der Waals surface area contributed by atoms with Gasteiger partial charge < -0.3 is 0 Å². The van der Waals surface area contributed by atoms with Crippen molar-refractivity contribution in [3.8, 4) is 11.3 Å². The molecular formula is C11H8BrF3N2. The third-order valence-corrected chi connectivity index (χ3v) is 2.84. The van der Waals surface area contributed by atoms with Gasteiger partial charge in [0.2, 0.25) is 0 Å². The van der Waals surface area contributed by atoms with Gasteiger partial charge in [-0.2, -0.15) is 18.3 Å². The average Bonchev–Trinajstić information content (AvgIpc) is 2.61. The van der Waals surface area contributed by atoms with Crippen molar-refractivity contribution in [2.75, 3.05) is 0 Å². The van der Waals surface area contributed by atoms with Crippen molar-refractivity contribution in [1.29, 1.82) is 0 Å². The molecule has 0 N–H and O–H groups in total. The Morgan fingerprint density at radius 3 is 2.24 bits per heavy atom. The van der Waals surface area contributed by atoms with E-state index < -0.39 is 11.9 Å². The number of aromatic nitrogens is 2. The van der Waals surface area contributed by atoms with Crippen LogP contribution in [0.25, 0.3) is 11.3 Å². The molecule has 0 unspecified atom stereocenters. The van der Waals surface area contributed by atoms with Crippen LogP contribution in [-0.4, -0.2) is 9.78 Å². The average molecular weight is 305 g/mol. The smallest absolute Gasteiger partial charge is 0.267 e. The van der Waals surface area contributed by atoms with E-state index in [1.54, 1.807) is 24.3 Å². The maximum atomic E-state index is 12.5. The van der Waals surface area contributed by atoms with Gasteiger partial charge >= 0.3 is 6.18 Å². The van der Waals surface area contributed by atoms with Crippen LogP contribution < -0.4 is 0 Å². The fourth-order valence-electron chi connectivity index (χ4n) is 1.50. The van der Waals surface area contributed by atoms with Crippen LogP contribution >= 0.6 is 15.9 Å².